The van der Waals surface area contributed by atoms with Crippen LogP contribution in [-0.4, -0.2) is 35.1 Å². The van der Waals surface area contributed by atoms with Gasteiger partial charge in [0.2, 0.25) is 10.0 Å². The van der Waals surface area contributed by atoms with Crippen LogP contribution in [-0.2, 0) is 10.0 Å². The zero-order chi connectivity index (χ0) is 24.7. The van der Waals surface area contributed by atoms with Crippen LogP contribution in [0.2, 0.25) is 0 Å². The van der Waals surface area contributed by atoms with Gasteiger partial charge in [0.15, 0.2) is 0 Å². The maximum Gasteiger partial charge on any atom is 0.321 e. The van der Waals surface area contributed by atoms with E-state index < -0.39 is 10.0 Å². The van der Waals surface area contributed by atoms with Crippen molar-refractivity contribution in [2.45, 2.75) is 44.6 Å². The Labute approximate surface area is 211 Å². The molecule has 0 saturated heterocycles. The molecule has 1 aromatic carbocycles. The molecule has 1 aromatic heterocycles. The second-order valence-corrected chi connectivity index (χ2v) is 11.6. The van der Waals surface area contributed by atoms with E-state index in [9.17, 15) is 13.7 Å². The van der Waals surface area contributed by atoms with Crippen LogP contribution in [0.25, 0.3) is 5.70 Å². The molecule has 0 radical (unpaired) electrons. The van der Waals surface area contributed by atoms with Gasteiger partial charge in [-0.15, -0.1) is 0 Å². The third kappa shape index (κ3) is 4.49. The van der Waals surface area contributed by atoms with Crippen molar-refractivity contribution < 1.29 is 13.2 Å². The first-order chi connectivity index (χ1) is 17.5. The summed E-state index contributed by atoms with van der Waals surface area (Å²) in [5, 5.41) is 10.2. The van der Waals surface area contributed by atoms with E-state index in [1.807, 2.05) is 24.3 Å². The molecule has 1 aliphatic heterocycles. The summed E-state index contributed by atoms with van der Waals surface area (Å²) >= 11 is 0. The first kappa shape index (κ1) is 22.8. The van der Waals surface area contributed by atoms with Crippen molar-refractivity contribution in [1.29, 1.82) is 5.26 Å². The molecule has 1 atom stereocenters. The summed E-state index contributed by atoms with van der Waals surface area (Å²) in [6.45, 7) is 0. The molecule has 0 spiro atoms. The Morgan fingerprint density at radius 2 is 1.86 bits per heavy atom. The summed E-state index contributed by atoms with van der Waals surface area (Å²) in [7, 11) is -3.37. The van der Waals surface area contributed by atoms with Crippen molar-refractivity contribution >= 4 is 21.4 Å². The number of aromatic nitrogens is 2. The van der Waals surface area contributed by atoms with Crippen molar-refractivity contribution in [3.8, 4) is 12.1 Å². The van der Waals surface area contributed by atoms with Crippen molar-refractivity contribution in [3.05, 3.63) is 77.5 Å². The lowest BCUT2D eigenvalue weighted by Crippen LogP contribution is -2.26. The Hall–Kier alpha value is -3.64. The fourth-order valence-electron chi connectivity index (χ4n) is 5.14. The van der Waals surface area contributed by atoms with E-state index in [1.54, 1.807) is 30.6 Å². The largest absolute Gasteiger partial charge is 0.425 e. The Morgan fingerprint density at radius 1 is 1.11 bits per heavy atom. The molecular formula is C27H27N5O3S. The number of ether oxygens (including phenoxy) is 1. The lowest BCUT2D eigenvalue weighted by molar-refractivity contribution is 0.347. The lowest BCUT2D eigenvalue weighted by Gasteiger charge is -2.28. The zero-order valence-electron chi connectivity index (χ0n) is 19.8. The number of hydrogen-bond donors (Lipinski definition) is 1. The van der Waals surface area contributed by atoms with Gasteiger partial charge in [0.1, 0.15) is 5.76 Å². The second-order valence-electron chi connectivity index (χ2n) is 9.83. The standard InChI is InChI=1S/C27H27N5O3S/c28-16-24-23-12-11-22(35-27-29-13-2-14-30-27)15-25(23)32(21-9-10-21)26(24)19-5-7-20(8-6-19)31-36(33,34)17-18-3-1-4-18/h2,5-8,11,13-15,18,21,23,31H,1,3-4,9-10,12,17H2. The van der Waals surface area contributed by atoms with Crippen LogP contribution < -0.4 is 9.46 Å². The van der Waals surface area contributed by atoms with Crippen LogP contribution in [0.15, 0.2) is 71.9 Å². The van der Waals surface area contributed by atoms with E-state index in [-0.39, 0.29) is 17.6 Å². The van der Waals surface area contributed by atoms with Crippen molar-refractivity contribution in [1.82, 2.24) is 14.9 Å². The summed E-state index contributed by atoms with van der Waals surface area (Å²) in [4.78, 5) is 10.6. The minimum absolute atomic E-state index is 0.0321. The quantitative estimate of drug-likeness (QED) is 0.563. The molecule has 0 bridgehead atoms. The van der Waals surface area contributed by atoms with Crippen LogP contribution in [0.3, 0.4) is 0 Å². The number of fused-ring (bicyclic) bond motifs is 1. The molecule has 1 N–H and O–H groups in total. The Morgan fingerprint density at radius 3 is 2.50 bits per heavy atom. The van der Waals surface area contributed by atoms with E-state index in [0.29, 0.717) is 29.9 Å². The number of rotatable bonds is 8. The molecule has 9 heteroatoms. The number of anilines is 1. The molecule has 36 heavy (non-hydrogen) atoms. The fourth-order valence-corrected chi connectivity index (χ4v) is 6.67. The highest BCUT2D eigenvalue weighted by Crippen LogP contribution is 2.51. The molecular weight excluding hydrogens is 474 g/mol. The maximum absolute atomic E-state index is 12.5. The van der Waals surface area contributed by atoms with Crippen LogP contribution in [0.4, 0.5) is 5.69 Å². The maximum atomic E-state index is 12.5. The summed E-state index contributed by atoms with van der Waals surface area (Å²) in [5.41, 5.74) is 4.15. The molecule has 3 aliphatic carbocycles. The highest BCUT2D eigenvalue weighted by atomic mass is 32.2. The minimum atomic E-state index is -3.37. The average Bonchev–Trinajstić information content (AvgIpc) is 3.64. The smallest absolute Gasteiger partial charge is 0.321 e. The Kier molecular flexibility index (Phi) is 5.76. The van der Waals surface area contributed by atoms with Crippen LogP contribution >= 0.6 is 0 Å². The Balaban J connectivity index is 1.26. The van der Waals surface area contributed by atoms with Gasteiger partial charge in [-0.25, -0.2) is 18.4 Å². The van der Waals surface area contributed by atoms with Gasteiger partial charge >= 0.3 is 6.01 Å². The number of nitrogens with one attached hydrogen (secondary N) is 1. The topological polar surface area (TPSA) is 108 Å². The zero-order valence-corrected chi connectivity index (χ0v) is 20.6. The fraction of sp³-hybridized carbons (Fsp3) is 0.370. The van der Waals surface area contributed by atoms with Crippen molar-refractivity contribution in [2.75, 3.05) is 10.5 Å². The van der Waals surface area contributed by atoms with E-state index in [2.05, 4.69) is 25.7 Å². The first-order valence-corrected chi connectivity index (χ1v) is 14.1. The van der Waals surface area contributed by atoms with E-state index in [1.165, 1.54) is 0 Å². The highest BCUT2D eigenvalue weighted by Gasteiger charge is 2.44. The minimum Gasteiger partial charge on any atom is -0.425 e. The van der Waals surface area contributed by atoms with Gasteiger partial charge in [0.25, 0.3) is 0 Å². The molecule has 2 fully saturated rings. The van der Waals surface area contributed by atoms with Gasteiger partial charge in [-0.3, -0.25) is 4.72 Å². The van der Waals surface area contributed by atoms with Gasteiger partial charge in [0, 0.05) is 41.8 Å². The van der Waals surface area contributed by atoms with Gasteiger partial charge in [-0.05, 0) is 67.9 Å². The molecule has 6 rings (SSSR count). The van der Waals surface area contributed by atoms with Crippen molar-refractivity contribution in [2.24, 2.45) is 11.8 Å². The van der Waals surface area contributed by atoms with E-state index in [4.69, 9.17) is 4.74 Å². The third-order valence-electron chi connectivity index (χ3n) is 7.22. The molecule has 2 aromatic rings. The molecule has 1 unspecified atom stereocenters. The molecule has 4 aliphatic rings. The van der Waals surface area contributed by atoms with Crippen LogP contribution in [0, 0.1) is 23.2 Å². The number of benzene rings is 1. The molecule has 8 nitrogen and oxygen atoms in total. The normalized spacial score (nSPS) is 21.8. The summed E-state index contributed by atoms with van der Waals surface area (Å²) in [6, 6.07) is 12.2. The molecule has 2 heterocycles. The summed E-state index contributed by atoms with van der Waals surface area (Å²) in [6.07, 6.45) is 13.1. The highest BCUT2D eigenvalue weighted by molar-refractivity contribution is 7.92. The predicted molar refractivity (Wildman–Crippen MR) is 136 cm³/mol. The SMILES string of the molecule is N#CC1=C(c2ccc(NS(=O)(=O)CC3CCC3)cc2)N(C2CC2)C2=CC(Oc3ncccn3)=CCC21. The molecule has 0 amide bonds. The second kappa shape index (κ2) is 9.10. The number of sulfonamides is 1. The molecule has 184 valence electrons. The van der Waals surface area contributed by atoms with Gasteiger partial charge < -0.3 is 9.64 Å². The van der Waals surface area contributed by atoms with Crippen molar-refractivity contribution in [3.63, 3.8) is 0 Å². The van der Waals surface area contributed by atoms with Gasteiger partial charge in [-0.2, -0.15) is 5.26 Å². The summed E-state index contributed by atoms with van der Waals surface area (Å²) < 4.78 is 33.6. The number of nitrogens with zero attached hydrogens (tertiary/aromatic N) is 4. The van der Waals surface area contributed by atoms with Gasteiger partial charge in [0.05, 0.1) is 23.1 Å². The predicted octanol–water partition coefficient (Wildman–Crippen LogP) is 4.60. The van der Waals surface area contributed by atoms with E-state index >= 15 is 0 Å². The first-order valence-electron chi connectivity index (χ1n) is 12.4. The third-order valence-corrected chi connectivity index (χ3v) is 8.68. The molecule has 2 saturated carbocycles. The number of allylic oxidation sites excluding steroid dienone is 3. The Bertz CT molecular complexity index is 1400. The van der Waals surface area contributed by atoms with Gasteiger partial charge in [-0.1, -0.05) is 18.6 Å². The van der Waals surface area contributed by atoms with E-state index in [0.717, 1.165) is 54.6 Å². The number of nitriles is 1. The average molecular weight is 502 g/mol. The van der Waals surface area contributed by atoms with Crippen LogP contribution in [0.1, 0.15) is 44.1 Å². The lowest BCUT2D eigenvalue weighted by atomic mass is 9.87. The number of hydrogen-bond acceptors (Lipinski definition) is 7. The summed E-state index contributed by atoms with van der Waals surface area (Å²) in [5.74, 6) is 1.08. The van der Waals surface area contributed by atoms with Crippen LogP contribution in [0.5, 0.6) is 6.01 Å². The monoisotopic (exact) mass is 501 g/mol.